The van der Waals surface area contributed by atoms with Gasteiger partial charge in [-0.05, 0) is 86.9 Å². The largest absolute Gasteiger partial charge is 0.744 e. The van der Waals surface area contributed by atoms with Crippen LogP contribution in [0.5, 0.6) is 0 Å². The molecule has 0 aromatic heterocycles. The molecule has 5 nitrogen and oxygen atoms in total. The van der Waals surface area contributed by atoms with E-state index in [2.05, 4.69) is 61.5 Å². The third-order valence-corrected chi connectivity index (χ3v) is 7.23. The Kier molecular flexibility index (Phi) is 8.52. The predicted octanol–water partition coefficient (Wildman–Crippen LogP) is 5.51. The smallest absolute Gasteiger partial charge is 0.199 e. The van der Waals surface area contributed by atoms with E-state index in [1.54, 1.807) is 0 Å². The molecule has 0 saturated heterocycles. The number of benzene rings is 2. The van der Waals surface area contributed by atoms with E-state index in [1.165, 1.54) is 18.2 Å². The van der Waals surface area contributed by atoms with Crippen molar-refractivity contribution in [2.75, 3.05) is 31.1 Å². The predicted molar refractivity (Wildman–Crippen MR) is 140 cm³/mol. The molecule has 1 aliphatic rings. The molecule has 0 aliphatic heterocycles. The van der Waals surface area contributed by atoms with Gasteiger partial charge in [0.15, 0.2) is 5.71 Å². The molecule has 34 heavy (non-hydrogen) atoms. The van der Waals surface area contributed by atoms with Gasteiger partial charge in [-0.1, -0.05) is 23.7 Å². The molecule has 0 radical (unpaired) electrons. The first-order valence-corrected chi connectivity index (χ1v) is 13.4. The van der Waals surface area contributed by atoms with Gasteiger partial charge in [-0.15, -0.1) is 0 Å². The lowest BCUT2D eigenvalue weighted by atomic mass is 9.90. The van der Waals surface area contributed by atoms with Crippen molar-refractivity contribution in [1.82, 2.24) is 0 Å². The van der Waals surface area contributed by atoms with Crippen LogP contribution in [-0.4, -0.2) is 49.4 Å². The Hall–Kier alpha value is -2.67. The molecule has 0 saturated carbocycles. The van der Waals surface area contributed by atoms with Gasteiger partial charge in [-0.3, -0.25) is 0 Å². The van der Waals surface area contributed by atoms with Crippen molar-refractivity contribution >= 4 is 38.7 Å². The first-order valence-electron chi connectivity index (χ1n) is 11.6. The standard InChI is InChI=1S/C27H31ClN2O3S/c1-5-29(6-2)22-13-9-20(10-14-22)27(21-11-15-23(16-12-21)30(7-3)8-4)25-19-24(34(31,32)33)17-18-26(25)28/h9-19H,5-8H2,1-4H3. The molecule has 0 bridgehead atoms. The molecular weight excluding hydrogens is 468 g/mol. The summed E-state index contributed by atoms with van der Waals surface area (Å²) in [6, 6.07) is 12.2. The van der Waals surface area contributed by atoms with Crippen LogP contribution >= 0.6 is 11.6 Å². The fourth-order valence-corrected chi connectivity index (χ4v) is 4.89. The Balaban J connectivity index is 2.23. The van der Waals surface area contributed by atoms with Crippen molar-refractivity contribution in [2.24, 2.45) is 0 Å². The molecule has 0 spiro atoms. The molecule has 2 aromatic carbocycles. The van der Waals surface area contributed by atoms with Gasteiger partial charge >= 0.3 is 0 Å². The maximum Gasteiger partial charge on any atom is 0.199 e. The minimum absolute atomic E-state index is 0.302. The summed E-state index contributed by atoms with van der Waals surface area (Å²) in [6.07, 6.45) is 8.12. The van der Waals surface area contributed by atoms with Crippen LogP contribution in [0.4, 0.5) is 5.69 Å². The molecule has 0 heterocycles. The Morgan fingerprint density at radius 2 is 1.50 bits per heavy atom. The average molecular weight is 499 g/mol. The van der Waals surface area contributed by atoms with Crippen molar-refractivity contribution in [2.45, 2.75) is 32.6 Å². The number of anilines is 1. The van der Waals surface area contributed by atoms with Crippen LogP contribution in [0.1, 0.15) is 38.8 Å². The highest BCUT2D eigenvalue weighted by Crippen LogP contribution is 2.36. The lowest BCUT2D eigenvalue weighted by Gasteiger charge is -2.22. The second-order valence-corrected chi connectivity index (χ2v) is 9.70. The highest BCUT2D eigenvalue weighted by molar-refractivity contribution is 7.85. The Morgan fingerprint density at radius 1 is 0.912 bits per heavy atom. The zero-order valence-corrected chi connectivity index (χ0v) is 21.7. The van der Waals surface area contributed by atoms with E-state index in [4.69, 9.17) is 11.6 Å². The van der Waals surface area contributed by atoms with Gasteiger partial charge in [0, 0.05) is 41.5 Å². The first kappa shape index (κ1) is 25.9. The molecule has 180 valence electrons. The Labute approximate surface area is 208 Å². The number of rotatable bonds is 8. The molecule has 0 amide bonds. The number of hydrogen-bond acceptors (Lipinski definition) is 4. The summed E-state index contributed by atoms with van der Waals surface area (Å²) in [7, 11) is -4.62. The molecule has 0 unspecified atom stereocenters. The van der Waals surface area contributed by atoms with Crippen molar-refractivity contribution in [1.29, 1.82) is 0 Å². The fraction of sp³-hybridized carbons (Fsp3) is 0.296. The molecule has 1 aliphatic carbocycles. The van der Waals surface area contributed by atoms with Gasteiger partial charge in [-0.25, -0.2) is 13.0 Å². The van der Waals surface area contributed by atoms with Gasteiger partial charge in [0.2, 0.25) is 0 Å². The van der Waals surface area contributed by atoms with Crippen LogP contribution in [0, 0.1) is 0 Å². The number of halogens is 1. The summed E-state index contributed by atoms with van der Waals surface area (Å²) in [5.74, 6) is 0. The normalized spacial score (nSPS) is 13.4. The zero-order chi connectivity index (χ0) is 24.9. The quantitative estimate of drug-likeness (QED) is 0.355. The third-order valence-electron chi connectivity index (χ3n) is 6.06. The number of allylic oxidation sites excluding steroid dienone is 5. The molecule has 0 N–H and O–H groups in total. The van der Waals surface area contributed by atoms with Gasteiger partial charge in [0.05, 0.1) is 4.90 Å². The van der Waals surface area contributed by atoms with Crippen LogP contribution < -0.4 is 4.90 Å². The molecule has 0 fully saturated rings. The fourth-order valence-electron chi connectivity index (χ4n) is 4.18. The highest BCUT2D eigenvalue weighted by atomic mass is 35.5. The van der Waals surface area contributed by atoms with Crippen LogP contribution in [0.15, 0.2) is 77.2 Å². The maximum atomic E-state index is 11.7. The summed E-state index contributed by atoms with van der Waals surface area (Å²) < 4.78 is 37.5. The lowest BCUT2D eigenvalue weighted by molar-refractivity contribution is -0.519. The summed E-state index contributed by atoms with van der Waals surface area (Å²) in [4.78, 5) is 1.95. The second-order valence-electron chi connectivity index (χ2n) is 7.91. The van der Waals surface area contributed by atoms with E-state index in [9.17, 15) is 13.0 Å². The number of hydrogen-bond donors (Lipinski definition) is 0. The van der Waals surface area contributed by atoms with Gasteiger partial charge in [0.1, 0.15) is 23.2 Å². The second kappa shape index (κ2) is 11.2. The lowest BCUT2D eigenvalue weighted by Crippen LogP contribution is -2.21. The van der Waals surface area contributed by atoms with Gasteiger partial charge < -0.3 is 9.45 Å². The SMILES string of the molecule is CCN(CC)c1ccc(C(=C2C=CC(=[N+](CC)CC)C=C2)c2cc(S(=O)(=O)[O-])ccc2Cl)cc1. The topological polar surface area (TPSA) is 63.5 Å². The summed E-state index contributed by atoms with van der Waals surface area (Å²) in [6.45, 7) is 12.0. The van der Waals surface area contributed by atoms with Crippen molar-refractivity contribution < 1.29 is 17.5 Å². The average Bonchev–Trinajstić information content (AvgIpc) is 2.83. The molecule has 0 atom stereocenters. The molecule has 2 aromatic rings. The van der Waals surface area contributed by atoms with Crippen LogP contribution in [0.25, 0.3) is 5.57 Å². The van der Waals surface area contributed by atoms with Crippen LogP contribution in [0.3, 0.4) is 0 Å². The minimum atomic E-state index is -4.62. The molecule has 3 rings (SSSR count). The number of nitrogens with zero attached hydrogens (tertiary/aromatic N) is 2. The van der Waals surface area contributed by atoms with Crippen molar-refractivity contribution in [3.63, 3.8) is 0 Å². The van der Waals surface area contributed by atoms with Crippen molar-refractivity contribution in [3.8, 4) is 0 Å². The maximum absolute atomic E-state index is 11.7. The highest BCUT2D eigenvalue weighted by Gasteiger charge is 2.18. The Morgan fingerprint density at radius 3 is 2.00 bits per heavy atom. The first-order chi connectivity index (χ1) is 16.2. The van der Waals surface area contributed by atoms with Gasteiger partial charge in [0.25, 0.3) is 0 Å². The summed E-state index contributed by atoms with van der Waals surface area (Å²) in [5.41, 5.74) is 5.25. The molecular formula is C27H31ClN2O3S. The molecule has 7 heteroatoms. The zero-order valence-electron chi connectivity index (χ0n) is 20.1. The summed E-state index contributed by atoms with van der Waals surface area (Å²) in [5, 5.41) is 0.378. The van der Waals surface area contributed by atoms with E-state index in [-0.39, 0.29) is 4.90 Å². The van der Waals surface area contributed by atoms with Crippen LogP contribution in [0.2, 0.25) is 5.02 Å². The third kappa shape index (κ3) is 5.69. The summed E-state index contributed by atoms with van der Waals surface area (Å²) >= 11 is 6.56. The minimum Gasteiger partial charge on any atom is -0.744 e. The Bertz CT molecular complexity index is 1250. The van der Waals surface area contributed by atoms with Crippen LogP contribution in [-0.2, 0) is 10.1 Å². The van der Waals surface area contributed by atoms with E-state index in [0.29, 0.717) is 10.6 Å². The van der Waals surface area contributed by atoms with E-state index < -0.39 is 10.1 Å². The van der Waals surface area contributed by atoms with Crippen molar-refractivity contribution in [3.05, 3.63) is 88.5 Å². The monoisotopic (exact) mass is 498 g/mol. The van der Waals surface area contributed by atoms with E-state index >= 15 is 0 Å². The van der Waals surface area contributed by atoms with E-state index in [0.717, 1.165) is 54.3 Å². The van der Waals surface area contributed by atoms with Gasteiger partial charge in [-0.2, -0.15) is 0 Å². The van der Waals surface area contributed by atoms with E-state index in [1.807, 2.05) is 24.3 Å².